The molecule has 1 aliphatic rings. The third-order valence-corrected chi connectivity index (χ3v) is 3.57. The summed E-state index contributed by atoms with van der Waals surface area (Å²) in [5.74, 6) is 2.37. The molecule has 0 amide bonds. The van der Waals surface area contributed by atoms with Gasteiger partial charge in [-0.2, -0.15) is 15.0 Å². The second-order valence-corrected chi connectivity index (χ2v) is 5.05. The van der Waals surface area contributed by atoms with E-state index in [1.165, 1.54) is 20.0 Å². The van der Waals surface area contributed by atoms with E-state index in [9.17, 15) is 0 Å². The zero-order valence-electron chi connectivity index (χ0n) is 11.3. The highest BCUT2D eigenvalue weighted by atomic mass is 16.5. The van der Waals surface area contributed by atoms with E-state index in [1.54, 1.807) is 0 Å². The van der Waals surface area contributed by atoms with Crippen molar-refractivity contribution in [3.8, 4) is 6.01 Å². The Morgan fingerprint density at radius 1 is 1.22 bits per heavy atom. The summed E-state index contributed by atoms with van der Waals surface area (Å²) in [4.78, 5) is 14.5. The molecule has 0 spiro atoms. The minimum absolute atomic E-state index is 0.211. The number of ether oxygens (including phenoxy) is 1. The largest absolute Gasteiger partial charge is 0.467 e. The van der Waals surface area contributed by atoms with E-state index in [0.29, 0.717) is 5.95 Å². The van der Waals surface area contributed by atoms with E-state index in [1.807, 2.05) is 0 Å². The van der Waals surface area contributed by atoms with Gasteiger partial charge >= 0.3 is 6.01 Å². The van der Waals surface area contributed by atoms with Gasteiger partial charge in [-0.1, -0.05) is 13.8 Å². The van der Waals surface area contributed by atoms with Gasteiger partial charge in [0.2, 0.25) is 11.9 Å². The first kappa shape index (κ1) is 12.9. The normalized spacial score (nSPS) is 17.2. The fourth-order valence-electron chi connectivity index (χ4n) is 2.36. The van der Waals surface area contributed by atoms with E-state index < -0.39 is 0 Å². The van der Waals surface area contributed by atoms with Crippen LogP contribution >= 0.6 is 0 Å². The second-order valence-electron chi connectivity index (χ2n) is 5.05. The van der Waals surface area contributed by atoms with Crippen LogP contribution in [0.2, 0.25) is 0 Å². The average molecular weight is 251 g/mol. The van der Waals surface area contributed by atoms with Crippen molar-refractivity contribution in [2.45, 2.75) is 26.7 Å². The number of hydrogen-bond donors (Lipinski definition) is 1. The Bertz CT molecular complexity index is 401. The van der Waals surface area contributed by atoms with Crippen molar-refractivity contribution in [3.63, 3.8) is 0 Å². The van der Waals surface area contributed by atoms with Crippen LogP contribution < -0.4 is 15.4 Å². The monoisotopic (exact) mass is 251 g/mol. The molecule has 100 valence electrons. The van der Waals surface area contributed by atoms with Gasteiger partial charge < -0.3 is 15.4 Å². The second kappa shape index (κ2) is 5.37. The minimum atomic E-state index is 0.211. The molecule has 18 heavy (non-hydrogen) atoms. The van der Waals surface area contributed by atoms with Crippen LogP contribution in [0.5, 0.6) is 6.01 Å². The van der Waals surface area contributed by atoms with Gasteiger partial charge in [0.25, 0.3) is 0 Å². The molecular weight excluding hydrogens is 230 g/mol. The molecule has 2 N–H and O–H groups in total. The highest BCUT2D eigenvalue weighted by Crippen LogP contribution is 2.26. The Morgan fingerprint density at radius 3 is 2.44 bits per heavy atom. The topological polar surface area (TPSA) is 77.2 Å². The van der Waals surface area contributed by atoms with Crippen molar-refractivity contribution in [2.75, 3.05) is 30.8 Å². The Hall–Kier alpha value is -1.59. The van der Waals surface area contributed by atoms with E-state index in [4.69, 9.17) is 10.5 Å². The Kier molecular flexibility index (Phi) is 3.84. The van der Waals surface area contributed by atoms with Crippen LogP contribution in [-0.4, -0.2) is 35.2 Å². The highest BCUT2D eigenvalue weighted by molar-refractivity contribution is 5.36. The van der Waals surface area contributed by atoms with Gasteiger partial charge in [0, 0.05) is 13.1 Å². The standard InChI is InChI=1S/C12H21N5O/c1-8(2)9-4-6-17(7-5-9)11-14-10(13)15-12(16-11)18-3/h8-9H,4-7H2,1-3H3,(H2,13,14,15,16). The van der Waals surface area contributed by atoms with Gasteiger partial charge in [-0.3, -0.25) is 0 Å². The van der Waals surface area contributed by atoms with E-state index in [0.717, 1.165) is 24.9 Å². The van der Waals surface area contributed by atoms with Crippen molar-refractivity contribution in [1.29, 1.82) is 0 Å². The lowest BCUT2D eigenvalue weighted by atomic mass is 9.87. The molecule has 1 aromatic rings. The van der Waals surface area contributed by atoms with Crippen molar-refractivity contribution in [2.24, 2.45) is 11.8 Å². The summed E-state index contributed by atoms with van der Waals surface area (Å²) in [6.07, 6.45) is 2.34. The van der Waals surface area contributed by atoms with E-state index in [-0.39, 0.29) is 12.0 Å². The van der Waals surface area contributed by atoms with Gasteiger partial charge in [0.05, 0.1) is 7.11 Å². The van der Waals surface area contributed by atoms with Gasteiger partial charge in [0.15, 0.2) is 0 Å². The first-order chi connectivity index (χ1) is 8.60. The molecule has 1 saturated heterocycles. The van der Waals surface area contributed by atoms with Crippen molar-refractivity contribution in [1.82, 2.24) is 15.0 Å². The molecule has 1 aromatic heterocycles. The molecule has 2 rings (SSSR count). The third kappa shape index (κ3) is 2.80. The van der Waals surface area contributed by atoms with Crippen LogP contribution in [0.25, 0.3) is 0 Å². The zero-order valence-corrected chi connectivity index (χ0v) is 11.3. The fraction of sp³-hybridized carbons (Fsp3) is 0.750. The molecular formula is C12H21N5O. The summed E-state index contributed by atoms with van der Waals surface area (Å²) < 4.78 is 5.02. The summed E-state index contributed by atoms with van der Waals surface area (Å²) in [5.41, 5.74) is 5.65. The molecule has 0 aliphatic carbocycles. The van der Waals surface area contributed by atoms with Crippen molar-refractivity contribution in [3.05, 3.63) is 0 Å². The Balaban J connectivity index is 2.07. The number of piperidine rings is 1. The number of methoxy groups -OCH3 is 1. The average Bonchev–Trinajstić information content (AvgIpc) is 2.38. The lowest BCUT2D eigenvalue weighted by molar-refractivity contribution is 0.309. The van der Waals surface area contributed by atoms with Crippen LogP contribution in [-0.2, 0) is 0 Å². The third-order valence-electron chi connectivity index (χ3n) is 3.57. The van der Waals surface area contributed by atoms with Crippen LogP contribution in [0.3, 0.4) is 0 Å². The molecule has 0 unspecified atom stereocenters. The molecule has 0 aromatic carbocycles. The summed E-state index contributed by atoms with van der Waals surface area (Å²) >= 11 is 0. The predicted molar refractivity (Wildman–Crippen MR) is 70.6 cm³/mol. The van der Waals surface area contributed by atoms with Crippen molar-refractivity contribution < 1.29 is 4.74 Å². The molecule has 1 fully saturated rings. The molecule has 0 radical (unpaired) electrons. The zero-order chi connectivity index (χ0) is 13.1. The number of anilines is 2. The lowest BCUT2D eigenvalue weighted by Gasteiger charge is -2.33. The number of nitrogens with two attached hydrogens (primary N) is 1. The number of rotatable bonds is 3. The molecule has 0 saturated carbocycles. The van der Waals surface area contributed by atoms with Gasteiger partial charge in [-0.25, -0.2) is 0 Å². The van der Waals surface area contributed by atoms with Crippen LogP contribution in [0.1, 0.15) is 26.7 Å². The molecule has 2 heterocycles. The van der Waals surface area contributed by atoms with Gasteiger partial charge in [0.1, 0.15) is 0 Å². The number of nitrogen functional groups attached to an aromatic ring is 1. The summed E-state index contributed by atoms with van der Waals surface area (Å²) in [6, 6.07) is 0.281. The molecule has 0 bridgehead atoms. The Morgan fingerprint density at radius 2 is 1.89 bits per heavy atom. The SMILES string of the molecule is COc1nc(N)nc(N2CCC(C(C)C)CC2)n1. The predicted octanol–water partition coefficient (Wildman–Crippen LogP) is 1.33. The maximum Gasteiger partial charge on any atom is 0.322 e. The van der Waals surface area contributed by atoms with Gasteiger partial charge in [-0.05, 0) is 24.7 Å². The van der Waals surface area contributed by atoms with Crippen LogP contribution in [0.15, 0.2) is 0 Å². The number of aromatic nitrogens is 3. The Labute approximate surface area is 108 Å². The minimum Gasteiger partial charge on any atom is -0.467 e. The van der Waals surface area contributed by atoms with E-state index in [2.05, 4.69) is 33.7 Å². The molecule has 6 nitrogen and oxygen atoms in total. The summed E-state index contributed by atoms with van der Waals surface area (Å²) in [5, 5.41) is 0. The molecule has 6 heteroatoms. The lowest BCUT2D eigenvalue weighted by Crippen LogP contribution is -2.36. The quantitative estimate of drug-likeness (QED) is 0.873. The number of nitrogens with zero attached hydrogens (tertiary/aromatic N) is 4. The highest BCUT2D eigenvalue weighted by Gasteiger charge is 2.23. The smallest absolute Gasteiger partial charge is 0.322 e. The fourth-order valence-corrected chi connectivity index (χ4v) is 2.36. The molecule has 1 aliphatic heterocycles. The first-order valence-electron chi connectivity index (χ1n) is 6.40. The molecule has 0 atom stereocenters. The van der Waals surface area contributed by atoms with Crippen LogP contribution in [0.4, 0.5) is 11.9 Å². The van der Waals surface area contributed by atoms with Crippen molar-refractivity contribution >= 4 is 11.9 Å². The summed E-state index contributed by atoms with van der Waals surface area (Å²) in [6.45, 7) is 6.50. The van der Waals surface area contributed by atoms with E-state index >= 15 is 0 Å². The number of hydrogen-bond acceptors (Lipinski definition) is 6. The van der Waals surface area contributed by atoms with Gasteiger partial charge in [-0.15, -0.1) is 0 Å². The maximum absolute atomic E-state index is 5.65. The van der Waals surface area contributed by atoms with Crippen LogP contribution in [0, 0.1) is 11.8 Å². The first-order valence-corrected chi connectivity index (χ1v) is 6.40. The summed E-state index contributed by atoms with van der Waals surface area (Å²) in [7, 11) is 1.53. The maximum atomic E-state index is 5.65.